The molecule has 0 fully saturated rings. The summed E-state index contributed by atoms with van der Waals surface area (Å²) in [5, 5.41) is 0. The van der Waals surface area contributed by atoms with E-state index in [1.54, 1.807) is 21.3 Å². The van der Waals surface area contributed by atoms with Crippen molar-refractivity contribution in [2.45, 2.75) is 37.8 Å². The molecule has 0 saturated heterocycles. The molecule has 0 spiro atoms. The van der Waals surface area contributed by atoms with Gasteiger partial charge in [0.2, 0.25) is 0 Å². The van der Waals surface area contributed by atoms with E-state index >= 15 is 0 Å². The molecule has 0 rings (SSSR count). The van der Waals surface area contributed by atoms with Gasteiger partial charge in [-0.1, -0.05) is 19.3 Å². The normalized spacial score (nSPS) is 12.2. The Kier molecular flexibility index (Phi) is 9.77. The number of carbonyl (C=O) groups excluding carboxylic acids is 3. The molecule has 0 aromatic rings. The van der Waals surface area contributed by atoms with Crippen molar-refractivity contribution >= 4 is 34.6 Å². The van der Waals surface area contributed by atoms with E-state index in [9.17, 15) is 14.4 Å². The minimum atomic E-state index is -2.94. The van der Waals surface area contributed by atoms with Crippen LogP contribution in [0.4, 0.5) is 0 Å². The van der Waals surface area contributed by atoms with Gasteiger partial charge in [-0.15, -0.1) is 0 Å². The van der Waals surface area contributed by atoms with Crippen LogP contribution in [0.2, 0.25) is 12.1 Å². The Morgan fingerprint density at radius 3 is 1.45 bits per heavy atom. The summed E-state index contributed by atoms with van der Waals surface area (Å²) >= 11 is 0. The number of carbonyl (C=O) groups is 3. The van der Waals surface area contributed by atoms with Gasteiger partial charge in [0, 0.05) is 27.4 Å². The summed E-state index contributed by atoms with van der Waals surface area (Å²) in [7, 11) is -0.694. The Morgan fingerprint density at radius 2 is 1.10 bits per heavy atom. The van der Waals surface area contributed by atoms with Gasteiger partial charge in [0.15, 0.2) is 0 Å². The van der Waals surface area contributed by atoms with Gasteiger partial charge in [-0.25, -0.2) is 0 Å². The Labute approximate surface area is 122 Å². The highest BCUT2D eigenvalue weighted by Gasteiger charge is 2.37. The molecule has 0 aromatic heterocycles. The quantitative estimate of drug-likeness (QED) is 0.288. The molecule has 0 aliphatic carbocycles. The van der Waals surface area contributed by atoms with Crippen LogP contribution < -0.4 is 0 Å². The molecular formula is C12H24O6Si2. The van der Waals surface area contributed by atoms with Crippen LogP contribution in [0.15, 0.2) is 0 Å². The Balaban J connectivity index is 3.95. The SMILES string of the molecule is CO[Si](CCCCCC[Si](C=O)(C=O)C=O)(OC)OC. The molecule has 116 valence electrons. The second-order valence-electron chi connectivity index (χ2n) is 4.68. The number of hydrogen-bond donors (Lipinski definition) is 0. The average molecular weight is 320 g/mol. The van der Waals surface area contributed by atoms with E-state index in [1.165, 1.54) is 0 Å². The maximum Gasteiger partial charge on any atom is 0.500 e. The van der Waals surface area contributed by atoms with Crippen LogP contribution in [0.1, 0.15) is 25.7 Å². The summed E-state index contributed by atoms with van der Waals surface area (Å²) in [6, 6.07) is 1.14. The van der Waals surface area contributed by atoms with Crippen molar-refractivity contribution < 1.29 is 27.7 Å². The van der Waals surface area contributed by atoms with Crippen molar-refractivity contribution in [2.24, 2.45) is 0 Å². The minimum absolute atomic E-state index is 0.408. The van der Waals surface area contributed by atoms with Gasteiger partial charge in [-0.2, -0.15) is 0 Å². The highest BCUT2D eigenvalue weighted by molar-refractivity contribution is 7.32. The van der Waals surface area contributed by atoms with Gasteiger partial charge in [0.05, 0.1) is 0 Å². The minimum Gasteiger partial charge on any atom is -0.377 e. The zero-order chi connectivity index (χ0) is 15.5. The van der Waals surface area contributed by atoms with Crippen LogP contribution in [-0.2, 0) is 27.7 Å². The molecule has 0 radical (unpaired) electrons. The van der Waals surface area contributed by atoms with Gasteiger partial charge < -0.3 is 27.7 Å². The van der Waals surface area contributed by atoms with Crippen molar-refractivity contribution in [3.05, 3.63) is 0 Å². The zero-order valence-electron chi connectivity index (χ0n) is 12.4. The van der Waals surface area contributed by atoms with Crippen LogP contribution in [0, 0.1) is 0 Å². The topological polar surface area (TPSA) is 78.9 Å². The smallest absolute Gasteiger partial charge is 0.377 e. The van der Waals surface area contributed by atoms with Crippen molar-refractivity contribution in [1.82, 2.24) is 0 Å². The third-order valence-electron chi connectivity index (χ3n) is 3.43. The van der Waals surface area contributed by atoms with E-state index in [0.29, 0.717) is 30.2 Å². The highest BCUT2D eigenvalue weighted by atomic mass is 28.4. The van der Waals surface area contributed by atoms with E-state index < -0.39 is 16.9 Å². The molecule has 0 atom stereocenters. The van der Waals surface area contributed by atoms with E-state index in [2.05, 4.69) is 0 Å². The molecule has 0 amide bonds. The molecular weight excluding hydrogens is 296 g/mol. The Hall–Kier alpha value is -0.676. The maximum atomic E-state index is 10.8. The van der Waals surface area contributed by atoms with E-state index in [1.807, 2.05) is 0 Å². The van der Waals surface area contributed by atoms with Gasteiger partial charge in [-0.3, -0.25) is 0 Å². The van der Waals surface area contributed by atoms with E-state index in [0.717, 1.165) is 25.3 Å². The monoisotopic (exact) mass is 320 g/mol. The summed E-state index contributed by atoms with van der Waals surface area (Å²) in [6.07, 6.45) is 3.39. The first-order chi connectivity index (χ1) is 9.57. The first-order valence-electron chi connectivity index (χ1n) is 6.62. The summed E-state index contributed by atoms with van der Waals surface area (Å²) in [4.78, 5) is 32.4. The lowest BCUT2D eigenvalue weighted by Crippen LogP contribution is -2.42. The lowest BCUT2D eigenvalue weighted by atomic mass is 10.2. The van der Waals surface area contributed by atoms with Crippen LogP contribution >= 0.6 is 0 Å². The summed E-state index contributed by atoms with van der Waals surface area (Å²) in [5.74, 6) is 1.68. The number of hydrogen-bond acceptors (Lipinski definition) is 6. The summed E-state index contributed by atoms with van der Waals surface area (Å²) in [5.41, 5.74) is 0. The predicted molar refractivity (Wildman–Crippen MR) is 80.9 cm³/mol. The fourth-order valence-corrected chi connectivity index (χ4v) is 5.12. The summed E-state index contributed by atoms with van der Waals surface area (Å²) in [6.45, 7) is 0. The third-order valence-corrected chi connectivity index (χ3v) is 8.80. The first-order valence-corrected chi connectivity index (χ1v) is 11.0. The second-order valence-corrected chi connectivity index (χ2v) is 11.2. The fraction of sp³-hybridized carbons (Fsp3) is 0.750. The van der Waals surface area contributed by atoms with Crippen molar-refractivity contribution in [1.29, 1.82) is 0 Å². The maximum absolute atomic E-state index is 10.8. The van der Waals surface area contributed by atoms with Crippen LogP contribution in [0.5, 0.6) is 0 Å². The molecule has 0 aliphatic rings. The molecule has 20 heavy (non-hydrogen) atoms. The Bertz CT molecular complexity index is 276. The number of rotatable bonds is 13. The van der Waals surface area contributed by atoms with Crippen LogP contribution in [0.25, 0.3) is 0 Å². The Morgan fingerprint density at radius 1 is 0.700 bits per heavy atom. The van der Waals surface area contributed by atoms with Crippen molar-refractivity contribution in [2.75, 3.05) is 21.3 Å². The highest BCUT2D eigenvalue weighted by Crippen LogP contribution is 2.18. The van der Waals surface area contributed by atoms with Crippen molar-refractivity contribution in [3.63, 3.8) is 0 Å². The predicted octanol–water partition coefficient (Wildman–Crippen LogP) is 1.19. The van der Waals surface area contributed by atoms with Gasteiger partial charge in [-0.05, 0) is 12.5 Å². The summed E-state index contributed by atoms with van der Waals surface area (Å²) < 4.78 is 15.9. The molecule has 0 heterocycles. The standard InChI is InChI=1S/C12H24O6Si2/c1-16-20(17-2,18-3)9-7-5-4-6-8-19(10-13,11-14)12-15/h10-12H,4-9H2,1-3H3. The average Bonchev–Trinajstić information content (AvgIpc) is 2.52. The van der Waals surface area contributed by atoms with Crippen molar-refractivity contribution in [3.8, 4) is 0 Å². The molecule has 0 N–H and O–H groups in total. The molecule has 0 unspecified atom stereocenters. The third kappa shape index (κ3) is 5.75. The molecule has 0 aromatic carbocycles. The van der Waals surface area contributed by atoms with Gasteiger partial charge in [0.25, 0.3) is 8.07 Å². The van der Waals surface area contributed by atoms with Crippen LogP contribution in [-0.4, -0.2) is 55.9 Å². The lowest BCUT2D eigenvalue weighted by molar-refractivity contribution is 0.122. The molecule has 0 saturated carbocycles. The molecule has 0 aliphatic heterocycles. The fourth-order valence-electron chi connectivity index (χ4n) is 1.94. The molecule has 6 nitrogen and oxygen atoms in total. The number of unbranched alkanes of at least 4 members (excludes halogenated alkanes) is 3. The lowest BCUT2D eigenvalue weighted by Gasteiger charge is -2.24. The van der Waals surface area contributed by atoms with Gasteiger partial charge >= 0.3 is 8.80 Å². The second kappa shape index (κ2) is 10.1. The van der Waals surface area contributed by atoms with E-state index in [-0.39, 0.29) is 0 Å². The zero-order valence-corrected chi connectivity index (χ0v) is 14.4. The van der Waals surface area contributed by atoms with E-state index in [4.69, 9.17) is 13.3 Å². The first kappa shape index (κ1) is 19.3. The largest absolute Gasteiger partial charge is 0.500 e. The molecule has 8 heteroatoms. The van der Waals surface area contributed by atoms with Crippen LogP contribution in [0.3, 0.4) is 0 Å². The molecule has 0 bridgehead atoms. The van der Waals surface area contributed by atoms with Gasteiger partial charge in [0.1, 0.15) is 17.7 Å².